The zero-order valence-electron chi connectivity index (χ0n) is 17.0. The van der Waals surface area contributed by atoms with Crippen molar-refractivity contribution in [2.75, 3.05) is 40.0 Å². The Balaban J connectivity index is 1.57. The van der Waals surface area contributed by atoms with Crippen LogP contribution in [0.2, 0.25) is 0 Å². The Labute approximate surface area is 166 Å². The van der Waals surface area contributed by atoms with Crippen molar-refractivity contribution in [2.45, 2.75) is 38.5 Å². The predicted octanol–water partition coefficient (Wildman–Crippen LogP) is 3.45. The first-order chi connectivity index (χ1) is 13.5. The summed E-state index contributed by atoms with van der Waals surface area (Å²) in [5.74, 6) is 0.351. The molecule has 2 aliphatic rings. The molecule has 0 aliphatic carbocycles. The maximum absolute atomic E-state index is 12.4. The molecule has 150 valence electrons. The normalized spacial score (nSPS) is 19.9. The molecule has 0 N–H and O–H groups in total. The molecule has 0 spiro atoms. The van der Waals surface area contributed by atoms with Gasteiger partial charge in [-0.2, -0.15) is 0 Å². The Morgan fingerprint density at radius 1 is 1.25 bits per heavy atom. The van der Waals surface area contributed by atoms with Gasteiger partial charge in [-0.1, -0.05) is 13.0 Å². The first-order valence-corrected chi connectivity index (χ1v) is 10.1. The smallest absolute Gasteiger partial charge is 0.277 e. The van der Waals surface area contributed by atoms with Gasteiger partial charge < -0.3 is 19.0 Å². The summed E-state index contributed by atoms with van der Waals surface area (Å²) in [4.78, 5) is 20.9. The summed E-state index contributed by atoms with van der Waals surface area (Å²) in [6, 6.07) is 6.46. The van der Waals surface area contributed by atoms with Crippen LogP contribution in [0.1, 0.15) is 47.8 Å². The second kappa shape index (κ2) is 7.68. The standard InChI is InChI=1S/C22H29N3O3/c1-4-22(7-9-24(3)10-8-22)18-6-5-17(13-16(18)2)20-23-19(14-28-20)21(26)25-11-12-27-15-25/h5-6,13-14H,4,7-12,15H2,1-3H3. The molecule has 2 fully saturated rings. The molecule has 1 aromatic carbocycles. The lowest BCUT2D eigenvalue weighted by Gasteiger charge is -2.41. The third-order valence-corrected chi connectivity index (χ3v) is 6.43. The molecule has 4 rings (SSSR count). The summed E-state index contributed by atoms with van der Waals surface area (Å²) in [5.41, 5.74) is 4.20. The van der Waals surface area contributed by atoms with Crippen molar-refractivity contribution in [3.8, 4) is 11.5 Å². The Kier molecular flexibility index (Phi) is 5.25. The quantitative estimate of drug-likeness (QED) is 0.809. The molecule has 28 heavy (non-hydrogen) atoms. The SMILES string of the molecule is CCC1(c2ccc(-c3nc(C(=O)N4CCOC4)co3)cc2C)CCN(C)CC1. The average Bonchev–Trinajstić information content (AvgIpc) is 3.41. The number of ether oxygens (including phenoxy) is 1. The van der Waals surface area contributed by atoms with Crippen LogP contribution in [-0.2, 0) is 10.2 Å². The zero-order chi connectivity index (χ0) is 19.7. The number of piperidine rings is 1. The van der Waals surface area contributed by atoms with Crippen molar-refractivity contribution in [1.29, 1.82) is 0 Å². The van der Waals surface area contributed by atoms with E-state index in [1.807, 2.05) is 0 Å². The van der Waals surface area contributed by atoms with Gasteiger partial charge in [0, 0.05) is 12.1 Å². The Morgan fingerprint density at radius 3 is 2.68 bits per heavy atom. The fourth-order valence-electron chi connectivity index (χ4n) is 4.49. The summed E-state index contributed by atoms with van der Waals surface area (Å²) in [6.07, 6.45) is 4.98. The largest absolute Gasteiger partial charge is 0.444 e. The number of carbonyl (C=O) groups excluding carboxylic acids is 1. The van der Waals surface area contributed by atoms with Crippen molar-refractivity contribution < 1.29 is 13.9 Å². The summed E-state index contributed by atoms with van der Waals surface area (Å²) in [7, 11) is 2.20. The van der Waals surface area contributed by atoms with Crippen molar-refractivity contribution in [1.82, 2.24) is 14.8 Å². The Morgan fingerprint density at radius 2 is 2.04 bits per heavy atom. The van der Waals surface area contributed by atoms with Gasteiger partial charge in [0.05, 0.1) is 6.61 Å². The van der Waals surface area contributed by atoms with Crippen LogP contribution in [0.5, 0.6) is 0 Å². The van der Waals surface area contributed by atoms with Gasteiger partial charge in [0.25, 0.3) is 5.91 Å². The molecular weight excluding hydrogens is 354 g/mol. The van der Waals surface area contributed by atoms with Gasteiger partial charge in [0.15, 0.2) is 5.69 Å². The summed E-state index contributed by atoms with van der Waals surface area (Å²) in [5, 5.41) is 0. The fourth-order valence-corrected chi connectivity index (χ4v) is 4.49. The first-order valence-electron chi connectivity index (χ1n) is 10.1. The molecule has 0 radical (unpaired) electrons. The third kappa shape index (κ3) is 3.47. The number of nitrogens with zero attached hydrogens (tertiary/aromatic N) is 3. The maximum Gasteiger partial charge on any atom is 0.277 e. The molecule has 2 aliphatic heterocycles. The lowest BCUT2D eigenvalue weighted by atomic mass is 9.69. The number of likely N-dealkylation sites (tertiary alicyclic amines) is 1. The van der Waals surface area contributed by atoms with Gasteiger partial charge in [-0.05, 0) is 75.0 Å². The van der Waals surface area contributed by atoms with Crippen molar-refractivity contribution in [2.24, 2.45) is 0 Å². The van der Waals surface area contributed by atoms with E-state index in [0.717, 1.165) is 25.1 Å². The number of rotatable bonds is 4. The van der Waals surface area contributed by atoms with Crippen LogP contribution in [-0.4, -0.2) is 60.7 Å². The summed E-state index contributed by atoms with van der Waals surface area (Å²) >= 11 is 0. The van der Waals surface area contributed by atoms with E-state index in [0.29, 0.717) is 31.5 Å². The van der Waals surface area contributed by atoms with E-state index in [1.165, 1.54) is 30.2 Å². The van der Waals surface area contributed by atoms with Crippen molar-refractivity contribution >= 4 is 5.91 Å². The van der Waals surface area contributed by atoms with Crippen molar-refractivity contribution in [3.05, 3.63) is 41.3 Å². The van der Waals surface area contributed by atoms with Crippen LogP contribution in [0.25, 0.3) is 11.5 Å². The van der Waals surface area contributed by atoms with Crippen molar-refractivity contribution in [3.63, 3.8) is 0 Å². The third-order valence-electron chi connectivity index (χ3n) is 6.43. The van der Waals surface area contributed by atoms with Crippen LogP contribution in [0.15, 0.2) is 28.9 Å². The van der Waals surface area contributed by atoms with Crippen LogP contribution >= 0.6 is 0 Å². The van der Waals surface area contributed by atoms with Gasteiger partial charge in [0.2, 0.25) is 5.89 Å². The average molecular weight is 383 g/mol. The fraction of sp³-hybridized carbons (Fsp3) is 0.545. The number of carbonyl (C=O) groups is 1. The van der Waals surface area contributed by atoms with E-state index in [-0.39, 0.29) is 11.3 Å². The Bertz CT molecular complexity index is 846. The van der Waals surface area contributed by atoms with E-state index in [1.54, 1.807) is 4.90 Å². The molecule has 3 heterocycles. The number of aryl methyl sites for hydroxylation is 1. The van der Waals surface area contributed by atoms with Crippen LogP contribution in [0.4, 0.5) is 0 Å². The van der Waals surface area contributed by atoms with Gasteiger partial charge in [-0.15, -0.1) is 0 Å². The summed E-state index contributed by atoms with van der Waals surface area (Å²) < 4.78 is 10.9. The lowest BCUT2D eigenvalue weighted by molar-refractivity contribution is 0.0689. The molecule has 2 aromatic rings. The summed E-state index contributed by atoms with van der Waals surface area (Å²) in [6.45, 7) is 8.25. The topological polar surface area (TPSA) is 58.8 Å². The number of amides is 1. The van der Waals surface area contributed by atoms with E-state index in [9.17, 15) is 4.79 Å². The number of benzene rings is 1. The molecule has 0 unspecified atom stereocenters. The van der Waals surface area contributed by atoms with E-state index >= 15 is 0 Å². The molecule has 1 aromatic heterocycles. The number of aromatic nitrogens is 1. The van der Waals surface area contributed by atoms with Gasteiger partial charge in [0.1, 0.15) is 13.0 Å². The highest BCUT2D eigenvalue weighted by molar-refractivity contribution is 5.92. The van der Waals surface area contributed by atoms with Crippen LogP contribution in [0, 0.1) is 6.92 Å². The van der Waals surface area contributed by atoms with E-state index < -0.39 is 0 Å². The Hall–Kier alpha value is -2.18. The van der Waals surface area contributed by atoms with Gasteiger partial charge in [-0.3, -0.25) is 4.79 Å². The molecule has 0 atom stereocenters. The monoisotopic (exact) mass is 383 g/mol. The molecule has 0 bridgehead atoms. The molecular formula is C22H29N3O3. The van der Waals surface area contributed by atoms with E-state index in [4.69, 9.17) is 9.15 Å². The second-order valence-corrected chi connectivity index (χ2v) is 8.11. The minimum atomic E-state index is -0.142. The van der Waals surface area contributed by atoms with Gasteiger partial charge >= 0.3 is 0 Å². The zero-order valence-corrected chi connectivity index (χ0v) is 17.0. The highest BCUT2D eigenvalue weighted by Gasteiger charge is 2.35. The molecule has 6 heteroatoms. The van der Waals surface area contributed by atoms with Crippen LogP contribution < -0.4 is 0 Å². The number of oxazole rings is 1. The minimum absolute atomic E-state index is 0.142. The van der Waals surface area contributed by atoms with Gasteiger partial charge in [-0.25, -0.2) is 4.98 Å². The molecule has 6 nitrogen and oxygen atoms in total. The second-order valence-electron chi connectivity index (χ2n) is 8.11. The molecule has 0 saturated carbocycles. The lowest BCUT2D eigenvalue weighted by Crippen LogP contribution is -2.40. The number of hydrogen-bond donors (Lipinski definition) is 0. The molecule has 2 saturated heterocycles. The highest BCUT2D eigenvalue weighted by Crippen LogP contribution is 2.40. The molecule has 1 amide bonds. The number of hydrogen-bond acceptors (Lipinski definition) is 5. The highest BCUT2D eigenvalue weighted by atomic mass is 16.5. The minimum Gasteiger partial charge on any atom is -0.444 e. The predicted molar refractivity (Wildman–Crippen MR) is 107 cm³/mol. The first kappa shape index (κ1) is 19.2. The van der Waals surface area contributed by atoms with E-state index in [2.05, 4.69) is 49.0 Å². The van der Waals surface area contributed by atoms with Crippen LogP contribution in [0.3, 0.4) is 0 Å². The maximum atomic E-state index is 12.4.